The number of hydrogen-bond donors (Lipinski definition) is 1. The van der Waals surface area contributed by atoms with Gasteiger partial charge in [-0.05, 0) is 12.8 Å². The molecule has 0 aromatic carbocycles. The molecule has 1 fully saturated rings. The molecule has 0 radical (unpaired) electrons. The average molecular weight is 208 g/mol. The molecule has 1 rings (SSSR count). The molecule has 0 aromatic rings. The Balaban J connectivity index is 2.33. The van der Waals surface area contributed by atoms with Crippen molar-refractivity contribution in [2.45, 2.75) is 18.9 Å². The summed E-state index contributed by atoms with van der Waals surface area (Å²) in [6, 6.07) is 0. The summed E-state index contributed by atoms with van der Waals surface area (Å²) in [5.74, 6) is 0. The van der Waals surface area contributed by atoms with Gasteiger partial charge in [-0.25, -0.2) is 0 Å². The minimum Gasteiger partial charge on any atom is -0.377 e. The largest absolute Gasteiger partial charge is 0.377 e. The van der Waals surface area contributed by atoms with E-state index in [1.54, 1.807) is 0 Å². The Hall–Kier alpha value is -0.170. The SMILES string of the molecule is CN(C)S(=O)(=O)NC[C@@H]1CCCO1. The fraction of sp³-hybridized carbons (Fsp3) is 1.00. The molecule has 78 valence electrons. The van der Waals surface area contributed by atoms with Crippen molar-refractivity contribution in [3.63, 3.8) is 0 Å². The smallest absolute Gasteiger partial charge is 0.279 e. The fourth-order valence-corrected chi connectivity index (χ4v) is 1.79. The highest BCUT2D eigenvalue weighted by molar-refractivity contribution is 7.87. The molecule has 1 heterocycles. The van der Waals surface area contributed by atoms with E-state index < -0.39 is 10.2 Å². The molecule has 0 unspecified atom stereocenters. The first kappa shape index (κ1) is 10.9. The molecule has 0 saturated carbocycles. The molecule has 0 aromatic heterocycles. The van der Waals surface area contributed by atoms with Gasteiger partial charge in [-0.2, -0.15) is 17.4 Å². The summed E-state index contributed by atoms with van der Waals surface area (Å²) in [6.07, 6.45) is 2.01. The highest BCUT2D eigenvalue weighted by Crippen LogP contribution is 2.10. The number of ether oxygens (including phenoxy) is 1. The second-order valence-electron chi connectivity index (χ2n) is 3.27. The number of rotatable bonds is 4. The van der Waals surface area contributed by atoms with Gasteiger partial charge in [-0.3, -0.25) is 0 Å². The predicted octanol–water partition coefficient (Wildman–Crippen LogP) is -0.439. The van der Waals surface area contributed by atoms with E-state index in [2.05, 4.69) is 4.72 Å². The summed E-state index contributed by atoms with van der Waals surface area (Å²) in [6.45, 7) is 1.12. The lowest BCUT2D eigenvalue weighted by atomic mass is 10.2. The topological polar surface area (TPSA) is 58.6 Å². The van der Waals surface area contributed by atoms with Crippen molar-refractivity contribution in [3.05, 3.63) is 0 Å². The van der Waals surface area contributed by atoms with Crippen molar-refractivity contribution in [2.75, 3.05) is 27.2 Å². The summed E-state index contributed by atoms with van der Waals surface area (Å²) < 4.78 is 31.4. The van der Waals surface area contributed by atoms with Gasteiger partial charge in [0.25, 0.3) is 10.2 Å². The van der Waals surface area contributed by atoms with E-state index in [0.29, 0.717) is 6.54 Å². The second-order valence-corrected chi connectivity index (χ2v) is 5.24. The molecule has 13 heavy (non-hydrogen) atoms. The number of hydrogen-bond acceptors (Lipinski definition) is 3. The zero-order valence-electron chi connectivity index (χ0n) is 7.99. The highest BCUT2D eigenvalue weighted by atomic mass is 32.2. The van der Waals surface area contributed by atoms with Crippen LogP contribution in [0.4, 0.5) is 0 Å². The lowest BCUT2D eigenvalue weighted by Crippen LogP contribution is -2.39. The Morgan fingerprint density at radius 1 is 1.54 bits per heavy atom. The Bertz CT molecular complexity index is 244. The third-order valence-corrected chi connectivity index (χ3v) is 3.49. The summed E-state index contributed by atoms with van der Waals surface area (Å²) in [5, 5.41) is 0. The van der Waals surface area contributed by atoms with Crippen molar-refractivity contribution in [1.82, 2.24) is 9.03 Å². The first-order chi connectivity index (χ1) is 6.02. The molecule has 1 aliphatic rings. The molecule has 0 aliphatic carbocycles. The van der Waals surface area contributed by atoms with E-state index in [1.807, 2.05) is 0 Å². The Morgan fingerprint density at radius 3 is 2.69 bits per heavy atom. The molecule has 0 spiro atoms. The molecular formula is C7H16N2O3S. The molecule has 0 amide bonds. The van der Waals surface area contributed by atoms with Crippen LogP contribution in [0.15, 0.2) is 0 Å². The van der Waals surface area contributed by atoms with Gasteiger partial charge < -0.3 is 4.74 Å². The second kappa shape index (κ2) is 4.36. The first-order valence-electron chi connectivity index (χ1n) is 4.31. The van der Waals surface area contributed by atoms with Gasteiger partial charge in [0.2, 0.25) is 0 Å². The van der Waals surface area contributed by atoms with Gasteiger partial charge in [-0.15, -0.1) is 0 Å². The highest BCUT2D eigenvalue weighted by Gasteiger charge is 2.19. The Morgan fingerprint density at radius 2 is 2.23 bits per heavy atom. The van der Waals surface area contributed by atoms with E-state index in [0.717, 1.165) is 23.8 Å². The maximum atomic E-state index is 11.2. The zero-order chi connectivity index (χ0) is 9.90. The molecule has 1 N–H and O–H groups in total. The van der Waals surface area contributed by atoms with Crippen molar-refractivity contribution in [1.29, 1.82) is 0 Å². The van der Waals surface area contributed by atoms with Gasteiger partial charge in [-0.1, -0.05) is 0 Å². The Kier molecular flexibility index (Phi) is 3.66. The minimum absolute atomic E-state index is 0.0507. The van der Waals surface area contributed by atoms with E-state index in [9.17, 15) is 8.42 Å². The third kappa shape index (κ3) is 3.22. The quantitative estimate of drug-likeness (QED) is 0.681. The van der Waals surface area contributed by atoms with E-state index in [1.165, 1.54) is 14.1 Å². The van der Waals surface area contributed by atoms with Gasteiger partial charge in [0.1, 0.15) is 0 Å². The van der Waals surface area contributed by atoms with Gasteiger partial charge in [0.05, 0.1) is 6.10 Å². The molecule has 0 bridgehead atoms. The van der Waals surface area contributed by atoms with Crippen LogP contribution in [0.2, 0.25) is 0 Å². The van der Waals surface area contributed by atoms with Crippen LogP contribution in [0, 0.1) is 0 Å². The van der Waals surface area contributed by atoms with Gasteiger partial charge in [0.15, 0.2) is 0 Å². The van der Waals surface area contributed by atoms with Crippen LogP contribution in [0.1, 0.15) is 12.8 Å². The van der Waals surface area contributed by atoms with Crippen LogP contribution >= 0.6 is 0 Å². The maximum absolute atomic E-state index is 11.2. The Labute approximate surface area is 79.2 Å². The normalized spacial score (nSPS) is 24.1. The van der Waals surface area contributed by atoms with Crippen LogP contribution in [0.5, 0.6) is 0 Å². The number of nitrogens with one attached hydrogen (secondary N) is 1. The van der Waals surface area contributed by atoms with E-state index >= 15 is 0 Å². The monoisotopic (exact) mass is 208 g/mol. The van der Waals surface area contributed by atoms with E-state index in [-0.39, 0.29) is 6.10 Å². The van der Waals surface area contributed by atoms with Crippen molar-refractivity contribution >= 4 is 10.2 Å². The summed E-state index contributed by atoms with van der Waals surface area (Å²) >= 11 is 0. The van der Waals surface area contributed by atoms with E-state index in [4.69, 9.17) is 4.74 Å². The van der Waals surface area contributed by atoms with Crippen molar-refractivity contribution < 1.29 is 13.2 Å². The third-order valence-electron chi connectivity index (χ3n) is 2.00. The molecule has 6 heteroatoms. The van der Waals surface area contributed by atoms with Gasteiger partial charge >= 0.3 is 0 Å². The molecule has 1 atom stereocenters. The van der Waals surface area contributed by atoms with Crippen LogP contribution in [0.25, 0.3) is 0 Å². The minimum atomic E-state index is -3.28. The van der Waals surface area contributed by atoms with Crippen molar-refractivity contribution in [3.8, 4) is 0 Å². The zero-order valence-corrected chi connectivity index (χ0v) is 8.80. The maximum Gasteiger partial charge on any atom is 0.279 e. The standard InChI is InChI=1S/C7H16N2O3S/c1-9(2)13(10,11)8-6-7-4-3-5-12-7/h7-8H,3-6H2,1-2H3/t7-/m0/s1. The van der Waals surface area contributed by atoms with Crippen LogP contribution in [-0.2, 0) is 14.9 Å². The van der Waals surface area contributed by atoms with Gasteiger partial charge in [0, 0.05) is 27.2 Å². The van der Waals surface area contributed by atoms with Crippen molar-refractivity contribution in [2.24, 2.45) is 0 Å². The molecule has 5 nitrogen and oxygen atoms in total. The first-order valence-corrected chi connectivity index (χ1v) is 5.75. The fourth-order valence-electron chi connectivity index (χ4n) is 1.13. The average Bonchev–Trinajstić information content (AvgIpc) is 2.52. The summed E-state index contributed by atoms with van der Waals surface area (Å²) in [5.41, 5.74) is 0. The lowest BCUT2D eigenvalue weighted by Gasteiger charge is -2.14. The van der Waals surface area contributed by atoms with Crippen LogP contribution in [-0.4, -0.2) is 46.1 Å². The lowest BCUT2D eigenvalue weighted by molar-refractivity contribution is 0.114. The molecule has 1 saturated heterocycles. The van der Waals surface area contributed by atoms with Crippen LogP contribution in [0.3, 0.4) is 0 Å². The van der Waals surface area contributed by atoms with Crippen LogP contribution < -0.4 is 4.72 Å². The predicted molar refractivity (Wildman–Crippen MR) is 49.6 cm³/mol. The molecular weight excluding hydrogens is 192 g/mol. The summed E-state index contributed by atoms with van der Waals surface area (Å²) in [7, 11) is -0.287. The number of nitrogens with zero attached hydrogens (tertiary/aromatic N) is 1. The molecule has 1 aliphatic heterocycles. The summed E-state index contributed by atoms with van der Waals surface area (Å²) in [4.78, 5) is 0.